The van der Waals surface area contributed by atoms with Gasteiger partial charge < -0.3 is 10.5 Å². The van der Waals surface area contributed by atoms with E-state index in [9.17, 15) is 0 Å². The van der Waals surface area contributed by atoms with Crippen molar-refractivity contribution in [2.24, 2.45) is 5.73 Å². The van der Waals surface area contributed by atoms with E-state index >= 15 is 0 Å². The van der Waals surface area contributed by atoms with E-state index in [4.69, 9.17) is 10.5 Å². The zero-order chi connectivity index (χ0) is 12.3. The highest BCUT2D eigenvalue weighted by Gasteiger charge is 2.11. The Kier molecular flexibility index (Phi) is 4.33. The van der Waals surface area contributed by atoms with Crippen molar-refractivity contribution in [3.63, 3.8) is 0 Å². The minimum Gasteiger partial charge on any atom is -0.496 e. The maximum atomic E-state index is 5.60. The van der Waals surface area contributed by atoms with E-state index in [1.807, 2.05) is 7.05 Å². The van der Waals surface area contributed by atoms with Gasteiger partial charge in [0.05, 0.1) is 7.11 Å². The lowest BCUT2D eigenvalue weighted by Crippen LogP contribution is -2.25. The molecule has 3 nitrogen and oxygen atoms in total. The molecule has 1 aromatic rings. The van der Waals surface area contributed by atoms with Crippen LogP contribution in [0.5, 0.6) is 5.75 Å². The van der Waals surface area contributed by atoms with E-state index < -0.39 is 0 Å². The van der Waals surface area contributed by atoms with E-state index in [-0.39, 0.29) is 0 Å². The first-order valence-corrected chi connectivity index (χ1v) is 5.53. The maximum absolute atomic E-state index is 5.60. The summed E-state index contributed by atoms with van der Waals surface area (Å²) in [7, 11) is 3.74. The molecule has 0 bridgehead atoms. The molecule has 0 aliphatic heterocycles. The first-order chi connectivity index (χ1) is 7.51. The summed E-state index contributed by atoms with van der Waals surface area (Å²) in [5.41, 5.74) is 10.6. The van der Waals surface area contributed by atoms with Gasteiger partial charge in [-0.1, -0.05) is 6.07 Å². The molecule has 0 amide bonds. The Morgan fingerprint density at radius 3 is 2.38 bits per heavy atom. The quantitative estimate of drug-likeness (QED) is 0.792. The molecule has 0 heterocycles. The summed E-state index contributed by atoms with van der Waals surface area (Å²) < 4.78 is 5.40. The summed E-state index contributed by atoms with van der Waals surface area (Å²) in [6.07, 6.45) is 0. The number of aryl methyl sites for hydroxylation is 1. The molecule has 0 aliphatic rings. The third-order valence-electron chi connectivity index (χ3n) is 3.09. The Morgan fingerprint density at radius 2 is 1.88 bits per heavy atom. The second kappa shape index (κ2) is 5.32. The number of hydrogen-bond acceptors (Lipinski definition) is 3. The second-order valence-electron chi connectivity index (χ2n) is 4.33. The monoisotopic (exact) mass is 222 g/mol. The van der Waals surface area contributed by atoms with Gasteiger partial charge in [0.25, 0.3) is 0 Å². The molecule has 0 saturated heterocycles. The highest BCUT2D eigenvalue weighted by Crippen LogP contribution is 2.28. The molecule has 0 aliphatic carbocycles. The average Bonchev–Trinajstić information content (AvgIpc) is 2.26. The number of ether oxygens (including phenoxy) is 1. The predicted molar refractivity (Wildman–Crippen MR) is 67.7 cm³/mol. The molecule has 0 fully saturated rings. The minimum atomic E-state index is 0.573. The van der Waals surface area contributed by atoms with Gasteiger partial charge in [0.15, 0.2) is 0 Å². The molecule has 16 heavy (non-hydrogen) atoms. The standard InChI is InChI=1S/C13H22N2O/c1-9-6-12(7-15(4)8-14)10(2)11(3)13(9)16-5/h6H,7-8,14H2,1-5H3. The van der Waals surface area contributed by atoms with Gasteiger partial charge in [-0.2, -0.15) is 0 Å². The van der Waals surface area contributed by atoms with E-state index in [2.05, 4.69) is 31.7 Å². The predicted octanol–water partition coefficient (Wildman–Crippen LogP) is 1.97. The Morgan fingerprint density at radius 1 is 1.25 bits per heavy atom. The van der Waals surface area contributed by atoms with Crippen molar-refractivity contribution in [2.45, 2.75) is 27.3 Å². The maximum Gasteiger partial charge on any atom is 0.124 e. The largest absolute Gasteiger partial charge is 0.496 e. The topological polar surface area (TPSA) is 38.5 Å². The van der Waals surface area contributed by atoms with Crippen LogP contribution in [0.15, 0.2) is 6.07 Å². The lowest BCUT2D eigenvalue weighted by Gasteiger charge is -2.19. The summed E-state index contributed by atoms with van der Waals surface area (Å²) in [6, 6.07) is 2.19. The van der Waals surface area contributed by atoms with E-state index in [0.717, 1.165) is 12.3 Å². The third kappa shape index (κ3) is 2.54. The number of nitrogens with zero attached hydrogens (tertiary/aromatic N) is 1. The highest BCUT2D eigenvalue weighted by atomic mass is 16.5. The van der Waals surface area contributed by atoms with Gasteiger partial charge in [-0.05, 0) is 50.1 Å². The van der Waals surface area contributed by atoms with Crippen LogP contribution in [0.4, 0.5) is 0 Å². The second-order valence-corrected chi connectivity index (χ2v) is 4.33. The van der Waals surface area contributed by atoms with Gasteiger partial charge in [-0.25, -0.2) is 0 Å². The van der Waals surface area contributed by atoms with Crippen molar-refractivity contribution in [3.05, 3.63) is 28.3 Å². The van der Waals surface area contributed by atoms with Crippen molar-refractivity contribution in [2.75, 3.05) is 20.8 Å². The van der Waals surface area contributed by atoms with Crippen molar-refractivity contribution in [1.29, 1.82) is 0 Å². The Balaban J connectivity index is 3.13. The average molecular weight is 222 g/mol. The van der Waals surface area contributed by atoms with Crippen LogP contribution in [0.2, 0.25) is 0 Å². The SMILES string of the molecule is COc1c(C)cc(CN(C)CN)c(C)c1C. The van der Waals surface area contributed by atoms with Crippen molar-refractivity contribution in [1.82, 2.24) is 4.90 Å². The van der Waals surface area contributed by atoms with E-state index in [1.54, 1.807) is 7.11 Å². The number of benzene rings is 1. The zero-order valence-electron chi connectivity index (χ0n) is 10.9. The molecular weight excluding hydrogens is 200 g/mol. The van der Waals surface area contributed by atoms with Crippen molar-refractivity contribution >= 4 is 0 Å². The summed E-state index contributed by atoms with van der Waals surface area (Å²) in [6.45, 7) is 7.78. The Hall–Kier alpha value is -1.06. The van der Waals surface area contributed by atoms with Crippen LogP contribution < -0.4 is 10.5 Å². The van der Waals surface area contributed by atoms with E-state index in [0.29, 0.717) is 6.67 Å². The van der Waals surface area contributed by atoms with Gasteiger partial charge in [-0.3, -0.25) is 4.90 Å². The number of nitrogens with two attached hydrogens (primary N) is 1. The molecule has 0 saturated carbocycles. The third-order valence-corrected chi connectivity index (χ3v) is 3.09. The first-order valence-electron chi connectivity index (χ1n) is 5.53. The summed E-state index contributed by atoms with van der Waals surface area (Å²) in [5.74, 6) is 0.997. The zero-order valence-corrected chi connectivity index (χ0v) is 10.9. The first kappa shape index (κ1) is 13.0. The molecule has 3 heteroatoms. The van der Waals surface area contributed by atoms with Crippen molar-refractivity contribution < 1.29 is 4.74 Å². The lowest BCUT2D eigenvalue weighted by molar-refractivity contribution is 0.336. The van der Waals surface area contributed by atoms with Gasteiger partial charge in [0.1, 0.15) is 5.75 Å². The van der Waals surface area contributed by atoms with Crippen LogP contribution in [0.1, 0.15) is 22.3 Å². The molecule has 0 spiro atoms. The van der Waals surface area contributed by atoms with Gasteiger partial charge >= 0.3 is 0 Å². The Bertz CT molecular complexity index is 375. The fourth-order valence-corrected chi connectivity index (χ4v) is 1.98. The van der Waals surface area contributed by atoms with Gasteiger partial charge in [0.2, 0.25) is 0 Å². The van der Waals surface area contributed by atoms with Crippen molar-refractivity contribution in [3.8, 4) is 5.75 Å². The summed E-state index contributed by atoms with van der Waals surface area (Å²) in [5, 5.41) is 0. The highest BCUT2D eigenvalue weighted by molar-refractivity contribution is 5.48. The minimum absolute atomic E-state index is 0.573. The molecule has 0 unspecified atom stereocenters. The van der Waals surface area contributed by atoms with E-state index in [1.165, 1.54) is 22.3 Å². The fourth-order valence-electron chi connectivity index (χ4n) is 1.98. The normalized spacial score (nSPS) is 10.9. The van der Waals surface area contributed by atoms with Crippen LogP contribution in [-0.4, -0.2) is 25.7 Å². The van der Waals surface area contributed by atoms with Crippen LogP contribution in [0.25, 0.3) is 0 Å². The van der Waals surface area contributed by atoms with Crippen LogP contribution >= 0.6 is 0 Å². The molecule has 0 radical (unpaired) electrons. The lowest BCUT2D eigenvalue weighted by atomic mass is 9.98. The number of rotatable bonds is 4. The molecule has 1 aromatic carbocycles. The summed E-state index contributed by atoms with van der Waals surface area (Å²) in [4.78, 5) is 2.09. The van der Waals surface area contributed by atoms with Gasteiger partial charge in [0, 0.05) is 13.2 Å². The molecule has 1 rings (SSSR count). The number of hydrogen-bond donors (Lipinski definition) is 1. The molecular formula is C13H22N2O. The molecule has 0 atom stereocenters. The van der Waals surface area contributed by atoms with Crippen LogP contribution in [0, 0.1) is 20.8 Å². The smallest absolute Gasteiger partial charge is 0.124 e. The van der Waals surface area contributed by atoms with Crippen LogP contribution in [0.3, 0.4) is 0 Å². The fraction of sp³-hybridized carbons (Fsp3) is 0.538. The molecule has 0 aromatic heterocycles. The Labute approximate surface area is 98.2 Å². The molecule has 2 N–H and O–H groups in total. The van der Waals surface area contributed by atoms with Crippen LogP contribution in [-0.2, 0) is 6.54 Å². The summed E-state index contributed by atoms with van der Waals surface area (Å²) >= 11 is 0. The van der Waals surface area contributed by atoms with Gasteiger partial charge in [-0.15, -0.1) is 0 Å². The number of methoxy groups -OCH3 is 1. The molecule has 90 valence electrons.